The minimum Gasteiger partial charge on any atom is -0.444 e. The number of benzene rings is 1. The number of hydrogen-bond acceptors (Lipinski definition) is 8. The third kappa shape index (κ3) is 4.24. The number of hydrogen-bond donors (Lipinski definition) is 0. The Kier molecular flexibility index (Phi) is 5.59. The molecule has 4 aliphatic carbocycles. The number of fused-ring (bicyclic) bond motifs is 3. The number of nitrogens with zero attached hydrogens (tertiary/aromatic N) is 1. The van der Waals surface area contributed by atoms with Crippen LogP contribution >= 0.6 is 0 Å². The summed E-state index contributed by atoms with van der Waals surface area (Å²) >= 11 is 0. The van der Waals surface area contributed by atoms with Crippen LogP contribution < -0.4 is 0 Å². The van der Waals surface area contributed by atoms with Gasteiger partial charge in [-0.05, 0) is 75.7 Å². The maximum absolute atomic E-state index is 13.3. The fraction of sp³-hybridized carbons (Fsp3) is 0.714. The largest absolute Gasteiger partial charge is 0.444 e. The van der Waals surface area contributed by atoms with E-state index in [0.717, 1.165) is 29.7 Å². The van der Waals surface area contributed by atoms with Crippen LogP contribution in [0.2, 0.25) is 0 Å². The SMILES string of the molecule is CC1(C)OC[C@H]2O[C@H](OC34CC5CC(CC(C5)C3)C4)[C@@H]3[C@@H](OC(=O)N3C(=O)OCc3ccccc3)[C@@H]2O1. The van der Waals surface area contributed by atoms with Crippen molar-refractivity contribution in [3.05, 3.63) is 35.9 Å². The molecule has 0 aromatic heterocycles. The number of rotatable bonds is 4. The van der Waals surface area contributed by atoms with E-state index in [4.69, 9.17) is 28.4 Å². The van der Waals surface area contributed by atoms with Crippen LogP contribution in [-0.2, 0) is 35.0 Å². The Balaban J connectivity index is 1.17. The molecule has 9 heteroatoms. The van der Waals surface area contributed by atoms with Gasteiger partial charge in [0.1, 0.15) is 24.9 Å². The van der Waals surface area contributed by atoms with E-state index in [1.807, 2.05) is 44.2 Å². The van der Waals surface area contributed by atoms with Crippen LogP contribution in [-0.4, -0.2) is 65.7 Å². The van der Waals surface area contributed by atoms with E-state index in [0.29, 0.717) is 17.8 Å². The minimum absolute atomic E-state index is 0.0472. The highest BCUT2D eigenvalue weighted by atomic mass is 16.8. The van der Waals surface area contributed by atoms with Crippen molar-refractivity contribution in [2.75, 3.05) is 6.61 Å². The predicted octanol–water partition coefficient (Wildman–Crippen LogP) is 4.37. The zero-order valence-electron chi connectivity index (χ0n) is 21.4. The van der Waals surface area contributed by atoms with Crippen LogP contribution in [0, 0.1) is 17.8 Å². The summed E-state index contributed by atoms with van der Waals surface area (Å²) in [5, 5.41) is 0. The number of carbonyl (C=O) groups excluding carboxylic acids is 2. The zero-order chi connectivity index (χ0) is 25.4. The Morgan fingerprint density at radius 3 is 2.38 bits per heavy atom. The van der Waals surface area contributed by atoms with Gasteiger partial charge < -0.3 is 28.4 Å². The average molecular weight is 514 g/mol. The van der Waals surface area contributed by atoms with E-state index >= 15 is 0 Å². The Hall–Kier alpha value is -2.20. The standard InChI is InChI=1S/C28H35NO8/c1-27(2)33-15-20-22(36-27)23-21(29(26(31)35-23)25(30)32-14-16-6-4-3-5-7-16)24(34-20)37-28-11-17-8-18(12-28)10-19(9-17)13-28/h3-7,17-24H,8-15H2,1-2H3/t17?,18?,19?,20-,21+,22-,23-,24-,28?/m1/s1. The Labute approximate surface area is 216 Å². The van der Waals surface area contributed by atoms with Crippen LogP contribution in [0.4, 0.5) is 9.59 Å². The van der Waals surface area contributed by atoms with E-state index in [2.05, 4.69) is 0 Å². The molecule has 0 N–H and O–H groups in total. The number of imide groups is 1. The predicted molar refractivity (Wildman–Crippen MR) is 128 cm³/mol. The van der Waals surface area contributed by atoms with Crippen molar-refractivity contribution in [3.63, 3.8) is 0 Å². The van der Waals surface area contributed by atoms with Crippen LogP contribution in [0.5, 0.6) is 0 Å². The third-order valence-electron chi connectivity index (χ3n) is 9.11. The molecule has 1 aromatic rings. The van der Waals surface area contributed by atoms with Gasteiger partial charge in [-0.25, -0.2) is 9.59 Å². The second-order valence-corrected chi connectivity index (χ2v) is 12.3. The average Bonchev–Trinajstić information content (AvgIpc) is 3.20. The molecule has 7 fully saturated rings. The monoisotopic (exact) mass is 513 g/mol. The van der Waals surface area contributed by atoms with Gasteiger partial charge in [-0.15, -0.1) is 0 Å². The number of ether oxygens (including phenoxy) is 6. The van der Waals surface area contributed by atoms with Crippen molar-refractivity contribution in [2.45, 2.75) is 101 Å². The van der Waals surface area contributed by atoms with Crippen LogP contribution in [0.3, 0.4) is 0 Å². The molecule has 3 heterocycles. The highest BCUT2D eigenvalue weighted by Crippen LogP contribution is 2.58. The Bertz CT molecular complexity index is 1020. The van der Waals surface area contributed by atoms with Crippen LogP contribution in [0.15, 0.2) is 30.3 Å². The summed E-state index contributed by atoms with van der Waals surface area (Å²) in [5.74, 6) is 1.16. The maximum atomic E-state index is 13.3. The van der Waals surface area contributed by atoms with Gasteiger partial charge in [0, 0.05) is 0 Å². The van der Waals surface area contributed by atoms with Gasteiger partial charge in [0.25, 0.3) is 0 Å². The molecule has 4 bridgehead atoms. The summed E-state index contributed by atoms with van der Waals surface area (Å²) < 4.78 is 36.8. The van der Waals surface area contributed by atoms with Gasteiger partial charge in [0.2, 0.25) is 0 Å². The van der Waals surface area contributed by atoms with Crippen molar-refractivity contribution in [1.29, 1.82) is 0 Å². The highest BCUT2D eigenvalue weighted by Gasteiger charge is 2.64. The molecule has 4 saturated carbocycles. The Morgan fingerprint density at radius 1 is 1.03 bits per heavy atom. The van der Waals surface area contributed by atoms with E-state index in [1.54, 1.807) is 0 Å². The maximum Gasteiger partial charge on any atom is 0.420 e. The molecule has 9 nitrogen and oxygen atoms in total. The van der Waals surface area contributed by atoms with Crippen LogP contribution in [0.1, 0.15) is 57.9 Å². The normalized spacial score (nSPS) is 43.2. The van der Waals surface area contributed by atoms with Crippen molar-refractivity contribution < 1.29 is 38.0 Å². The van der Waals surface area contributed by atoms with Crippen LogP contribution in [0.25, 0.3) is 0 Å². The number of amides is 2. The lowest BCUT2D eigenvalue weighted by molar-refractivity contribution is -0.380. The molecule has 2 amide bonds. The summed E-state index contributed by atoms with van der Waals surface area (Å²) in [5.41, 5.74) is 0.536. The molecule has 1 aromatic carbocycles. The summed E-state index contributed by atoms with van der Waals surface area (Å²) in [6.07, 6.45) is 2.67. The van der Waals surface area contributed by atoms with Crippen molar-refractivity contribution >= 4 is 12.2 Å². The lowest BCUT2D eigenvalue weighted by Gasteiger charge is -2.58. The topological polar surface area (TPSA) is 92.8 Å². The summed E-state index contributed by atoms with van der Waals surface area (Å²) in [6.45, 7) is 3.97. The van der Waals surface area contributed by atoms with Gasteiger partial charge >= 0.3 is 12.2 Å². The Morgan fingerprint density at radius 2 is 1.70 bits per heavy atom. The minimum atomic E-state index is -0.865. The second-order valence-electron chi connectivity index (χ2n) is 12.3. The van der Waals surface area contributed by atoms with Gasteiger partial charge in [0.15, 0.2) is 18.2 Å². The van der Waals surface area contributed by atoms with Gasteiger partial charge in [-0.1, -0.05) is 30.3 Å². The molecule has 8 rings (SSSR count). The molecule has 3 aliphatic heterocycles. The first-order chi connectivity index (χ1) is 17.8. The molecular formula is C28H35NO8. The van der Waals surface area contributed by atoms with E-state index < -0.39 is 48.6 Å². The first-order valence-electron chi connectivity index (χ1n) is 13.6. The van der Waals surface area contributed by atoms with Crippen molar-refractivity contribution in [2.24, 2.45) is 17.8 Å². The van der Waals surface area contributed by atoms with E-state index in [-0.39, 0.29) is 18.8 Å². The first-order valence-corrected chi connectivity index (χ1v) is 13.6. The quantitative estimate of drug-likeness (QED) is 0.586. The first kappa shape index (κ1) is 23.9. The number of carbonyl (C=O) groups is 2. The molecular weight excluding hydrogens is 478 g/mol. The fourth-order valence-corrected chi connectivity index (χ4v) is 8.02. The lowest BCUT2D eigenvalue weighted by atomic mass is 9.54. The third-order valence-corrected chi connectivity index (χ3v) is 9.11. The molecule has 200 valence electrons. The molecule has 3 saturated heterocycles. The highest BCUT2D eigenvalue weighted by molar-refractivity contribution is 5.90. The molecule has 0 spiro atoms. The molecule has 7 aliphatic rings. The molecule has 0 unspecified atom stereocenters. The molecule has 0 radical (unpaired) electrons. The second kappa shape index (κ2) is 8.66. The van der Waals surface area contributed by atoms with E-state index in [1.165, 1.54) is 19.3 Å². The lowest BCUT2D eigenvalue weighted by Crippen LogP contribution is -2.68. The summed E-state index contributed by atoms with van der Waals surface area (Å²) in [4.78, 5) is 27.5. The molecule has 37 heavy (non-hydrogen) atoms. The van der Waals surface area contributed by atoms with Gasteiger partial charge in [-0.3, -0.25) is 0 Å². The summed E-state index contributed by atoms with van der Waals surface area (Å²) in [7, 11) is 0. The van der Waals surface area contributed by atoms with Gasteiger partial charge in [0.05, 0.1) is 12.2 Å². The fourth-order valence-electron chi connectivity index (χ4n) is 8.02. The summed E-state index contributed by atoms with van der Waals surface area (Å²) in [6, 6.07) is 8.56. The smallest absolute Gasteiger partial charge is 0.420 e. The van der Waals surface area contributed by atoms with Crippen molar-refractivity contribution in [1.82, 2.24) is 4.90 Å². The zero-order valence-corrected chi connectivity index (χ0v) is 21.4. The van der Waals surface area contributed by atoms with Gasteiger partial charge in [-0.2, -0.15) is 4.90 Å². The van der Waals surface area contributed by atoms with E-state index in [9.17, 15) is 9.59 Å². The molecule has 5 atom stereocenters. The van der Waals surface area contributed by atoms with Crippen molar-refractivity contribution in [3.8, 4) is 0 Å².